The summed E-state index contributed by atoms with van der Waals surface area (Å²) in [5.74, 6) is 0. The van der Waals surface area contributed by atoms with Crippen LogP contribution in [0.3, 0.4) is 0 Å². The fraction of sp³-hybridized carbons (Fsp3) is 0.500. The number of rotatable bonds is 5. The van der Waals surface area contributed by atoms with Gasteiger partial charge in [-0.05, 0) is 43.8 Å². The lowest BCUT2D eigenvalue weighted by Gasteiger charge is -2.25. The molecule has 4 nitrogen and oxygen atoms in total. The maximum atomic E-state index is 11.7. The van der Waals surface area contributed by atoms with E-state index in [9.17, 15) is 8.42 Å². The number of thiophene rings is 1. The van der Waals surface area contributed by atoms with E-state index in [0.29, 0.717) is 6.54 Å². The van der Waals surface area contributed by atoms with Crippen LogP contribution >= 0.6 is 11.3 Å². The van der Waals surface area contributed by atoms with E-state index < -0.39 is 14.6 Å². The molecule has 1 N–H and O–H groups in total. The normalized spacial score (nSPS) is 14.6. The molecule has 110 valence electrons. The molecule has 0 spiro atoms. The van der Waals surface area contributed by atoms with Crippen molar-refractivity contribution in [3.63, 3.8) is 0 Å². The number of aromatic nitrogens is 1. The molecular weight excluding hydrogens is 292 g/mol. The quantitative estimate of drug-likeness (QED) is 0.922. The Hall–Kier alpha value is -0.980. The lowest BCUT2D eigenvalue weighted by Crippen LogP contribution is -2.42. The van der Waals surface area contributed by atoms with Crippen molar-refractivity contribution in [2.75, 3.05) is 12.8 Å². The van der Waals surface area contributed by atoms with Gasteiger partial charge in [-0.25, -0.2) is 8.42 Å². The molecule has 0 saturated heterocycles. The third kappa shape index (κ3) is 3.19. The molecule has 2 aromatic rings. The predicted molar refractivity (Wildman–Crippen MR) is 85.0 cm³/mol. The molecule has 0 bridgehead atoms. The minimum atomic E-state index is -3.08. The zero-order valence-electron chi connectivity index (χ0n) is 12.2. The van der Waals surface area contributed by atoms with E-state index in [1.54, 1.807) is 25.2 Å². The van der Waals surface area contributed by atoms with Gasteiger partial charge in [0.2, 0.25) is 0 Å². The Labute approximate surface area is 124 Å². The summed E-state index contributed by atoms with van der Waals surface area (Å²) < 4.78 is 23.8. The zero-order valence-corrected chi connectivity index (χ0v) is 13.8. The molecule has 0 radical (unpaired) electrons. The number of nitrogens with zero attached hydrogens (tertiary/aromatic N) is 1. The SMILES string of the molecule is CC(NCC(C)(C)S(C)(=O)=O)c1cnc2ccsc2c1. The second kappa shape index (κ2) is 5.42. The molecule has 0 amide bonds. The third-order valence-corrected chi connectivity index (χ3v) is 6.67. The average Bonchev–Trinajstić information content (AvgIpc) is 2.81. The van der Waals surface area contributed by atoms with E-state index in [1.807, 2.05) is 24.6 Å². The molecule has 2 aromatic heterocycles. The minimum Gasteiger partial charge on any atom is -0.309 e. The summed E-state index contributed by atoms with van der Waals surface area (Å²) in [6.07, 6.45) is 3.12. The number of hydrogen-bond donors (Lipinski definition) is 1. The Balaban J connectivity index is 2.10. The molecule has 6 heteroatoms. The molecule has 2 rings (SSSR count). The van der Waals surface area contributed by atoms with E-state index in [0.717, 1.165) is 15.8 Å². The minimum absolute atomic E-state index is 0.0648. The standard InChI is InChI=1S/C14H20N2O2S2/c1-10(16-9-14(2,3)20(4,17)18)11-7-13-12(15-8-11)5-6-19-13/h5-8,10,16H,9H2,1-4H3. The van der Waals surface area contributed by atoms with Crippen LogP contribution in [0.4, 0.5) is 0 Å². The summed E-state index contributed by atoms with van der Waals surface area (Å²) in [5.41, 5.74) is 2.08. The predicted octanol–water partition coefficient (Wildman–Crippen LogP) is 2.77. The van der Waals surface area contributed by atoms with E-state index >= 15 is 0 Å². The van der Waals surface area contributed by atoms with E-state index in [-0.39, 0.29) is 6.04 Å². The molecule has 0 aliphatic heterocycles. The van der Waals surface area contributed by atoms with Gasteiger partial charge in [-0.1, -0.05) is 0 Å². The molecule has 1 atom stereocenters. The van der Waals surface area contributed by atoms with Crippen LogP contribution in [0, 0.1) is 0 Å². The topological polar surface area (TPSA) is 59.1 Å². The van der Waals surface area contributed by atoms with Crippen LogP contribution in [0.2, 0.25) is 0 Å². The fourth-order valence-corrected chi connectivity index (χ4v) is 2.88. The van der Waals surface area contributed by atoms with Gasteiger partial charge in [0.05, 0.1) is 15.0 Å². The van der Waals surface area contributed by atoms with Gasteiger partial charge in [-0.2, -0.15) is 0 Å². The Morgan fingerprint density at radius 1 is 1.45 bits per heavy atom. The first-order valence-electron chi connectivity index (χ1n) is 6.47. The summed E-state index contributed by atoms with van der Waals surface area (Å²) >= 11 is 1.66. The highest BCUT2D eigenvalue weighted by Gasteiger charge is 2.30. The van der Waals surface area contributed by atoms with Crippen LogP contribution < -0.4 is 5.32 Å². The van der Waals surface area contributed by atoms with Gasteiger partial charge in [0.25, 0.3) is 0 Å². The molecule has 2 heterocycles. The van der Waals surface area contributed by atoms with Crippen LogP contribution in [-0.2, 0) is 9.84 Å². The second-order valence-electron chi connectivity index (χ2n) is 5.71. The molecule has 20 heavy (non-hydrogen) atoms. The van der Waals surface area contributed by atoms with Crippen molar-refractivity contribution < 1.29 is 8.42 Å². The Morgan fingerprint density at radius 3 is 2.80 bits per heavy atom. The van der Waals surface area contributed by atoms with Gasteiger partial charge in [-0.15, -0.1) is 11.3 Å². The van der Waals surface area contributed by atoms with Crippen molar-refractivity contribution in [1.82, 2.24) is 10.3 Å². The summed E-state index contributed by atoms with van der Waals surface area (Å²) in [4.78, 5) is 4.41. The number of fused-ring (bicyclic) bond motifs is 1. The number of nitrogens with one attached hydrogen (secondary N) is 1. The van der Waals surface area contributed by atoms with Gasteiger partial charge in [-0.3, -0.25) is 4.98 Å². The molecular formula is C14H20N2O2S2. The molecule has 0 aromatic carbocycles. The molecule has 0 aliphatic rings. The first-order valence-corrected chi connectivity index (χ1v) is 9.24. The maximum Gasteiger partial charge on any atom is 0.153 e. The van der Waals surface area contributed by atoms with Crippen LogP contribution in [-0.4, -0.2) is 30.9 Å². The first-order chi connectivity index (χ1) is 9.21. The largest absolute Gasteiger partial charge is 0.309 e. The molecule has 1 unspecified atom stereocenters. The van der Waals surface area contributed by atoms with Gasteiger partial charge in [0.1, 0.15) is 0 Å². The highest BCUT2D eigenvalue weighted by atomic mass is 32.2. The first kappa shape index (κ1) is 15.4. The van der Waals surface area contributed by atoms with Crippen LogP contribution in [0.15, 0.2) is 23.7 Å². The highest BCUT2D eigenvalue weighted by molar-refractivity contribution is 7.92. The monoisotopic (exact) mass is 312 g/mol. The number of sulfone groups is 1. The highest BCUT2D eigenvalue weighted by Crippen LogP contribution is 2.23. The van der Waals surface area contributed by atoms with Gasteiger partial charge in [0, 0.05) is 25.0 Å². The van der Waals surface area contributed by atoms with Crippen molar-refractivity contribution in [1.29, 1.82) is 0 Å². The number of pyridine rings is 1. The van der Waals surface area contributed by atoms with E-state index in [1.165, 1.54) is 6.26 Å². The number of hydrogen-bond acceptors (Lipinski definition) is 5. The van der Waals surface area contributed by atoms with Crippen LogP contribution in [0.5, 0.6) is 0 Å². The van der Waals surface area contributed by atoms with Crippen LogP contribution in [0.25, 0.3) is 10.2 Å². The van der Waals surface area contributed by atoms with Gasteiger partial charge < -0.3 is 5.32 Å². The van der Waals surface area contributed by atoms with Crippen molar-refractivity contribution in [2.45, 2.75) is 31.6 Å². The van der Waals surface area contributed by atoms with Crippen molar-refractivity contribution in [2.24, 2.45) is 0 Å². The zero-order chi connectivity index (χ0) is 15.0. The Bertz CT molecular complexity index is 705. The Morgan fingerprint density at radius 2 is 2.15 bits per heavy atom. The van der Waals surface area contributed by atoms with Crippen LogP contribution in [0.1, 0.15) is 32.4 Å². The molecule has 0 fully saturated rings. The smallest absolute Gasteiger partial charge is 0.153 e. The fourth-order valence-electron chi connectivity index (χ4n) is 1.75. The van der Waals surface area contributed by atoms with Crippen molar-refractivity contribution >= 4 is 31.4 Å². The molecule has 0 saturated carbocycles. The average molecular weight is 312 g/mol. The van der Waals surface area contributed by atoms with E-state index in [2.05, 4.69) is 16.4 Å². The molecule has 0 aliphatic carbocycles. The van der Waals surface area contributed by atoms with Crippen molar-refractivity contribution in [3.8, 4) is 0 Å². The lowest BCUT2D eigenvalue weighted by atomic mass is 10.1. The second-order valence-corrected chi connectivity index (χ2v) is 9.30. The summed E-state index contributed by atoms with van der Waals surface area (Å²) in [7, 11) is -3.08. The van der Waals surface area contributed by atoms with E-state index in [4.69, 9.17) is 0 Å². The summed E-state index contributed by atoms with van der Waals surface area (Å²) in [6, 6.07) is 4.17. The third-order valence-electron chi connectivity index (χ3n) is 3.66. The maximum absolute atomic E-state index is 11.7. The van der Waals surface area contributed by atoms with Crippen molar-refractivity contribution in [3.05, 3.63) is 29.3 Å². The summed E-state index contributed by atoms with van der Waals surface area (Å²) in [6.45, 7) is 5.91. The Kier molecular flexibility index (Phi) is 4.18. The van der Waals surface area contributed by atoms with Gasteiger partial charge in [0.15, 0.2) is 9.84 Å². The summed E-state index contributed by atoms with van der Waals surface area (Å²) in [5, 5.41) is 5.31. The lowest BCUT2D eigenvalue weighted by molar-refractivity contribution is 0.488. The van der Waals surface area contributed by atoms with Gasteiger partial charge >= 0.3 is 0 Å².